The summed E-state index contributed by atoms with van der Waals surface area (Å²) in [6.45, 7) is 2.25. The second-order valence-corrected chi connectivity index (χ2v) is 9.55. The van der Waals surface area contributed by atoms with Crippen molar-refractivity contribution in [1.82, 2.24) is 20.2 Å². The molecule has 176 valence electrons. The Kier molecular flexibility index (Phi) is 6.62. The number of halogens is 1. The molecule has 34 heavy (non-hydrogen) atoms. The summed E-state index contributed by atoms with van der Waals surface area (Å²) in [6, 6.07) is 15.1. The van der Waals surface area contributed by atoms with E-state index in [9.17, 15) is 4.79 Å². The Morgan fingerprint density at radius 1 is 1.15 bits per heavy atom. The van der Waals surface area contributed by atoms with E-state index in [1.807, 2.05) is 55.5 Å². The first-order valence-corrected chi connectivity index (χ1v) is 12.3. The van der Waals surface area contributed by atoms with Crippen molar-refractivity contribution in [2.24, 2.45) is 0 Å². The summed E-state index contributed by atoms with van der Waals surface area (Å²) in [5.41, 5.74) is 2.97. The third-order valence-electron chi connectivity index (χ3n) is 6.26. The number of tetrazole rings is 1. The molecular formula is C25H26BrN5O3. The molecule has 8 nitrogen and oxygen atoms in total. The lowest BCUT2D eigenvalue weighted by Crippen LogP contribution is -2.32. The molecule has 2 aromatic carbocycles. The second kappa shape index (κ2) is 9.97. The van der Waals surface area contributed by atoms with Crippen LogP contribution in [0, 0.1) is 0 Å². The monoisotopic (exact) mass is 523 g/mol. The molecule has 1 fully saturated rings. The van der Waals surface area contributed by atoms with Gasteiger partial charge in [0, 0.05) is 15.7 Å². The minimum absolute atomic E-state index is 0.0613. The maximum absolute atomic E-state index is 13.5. The van der Waals surface area contributed by atoms with E-state index in [0.717, 1.165) is 41.3 Å². The predicted molar refractivity (Wildman–Crippen MR) is 130 cm³/mol. The molecule has 1 aliphatic carbocycles. The molecule has 1 saturated carbocycles. The third-order valence-corrected chi connectivity index (χ3v) is 6.76. The molecule has 0 spiro atoms. The molecule has 0 amide bonds. The number of fused-ring (bicyclic) bond motifs is 1. The van der Waals surface area contributed by atoms with Crippen molar-refractivity contribution >= 4 is 27.8 Å². The van der Waals surface area contributed by atoms with Gasteiger partial charge in [-0.05, 0) is 66.8 Å². The number of allylic oxidation sites excluding steroid dienone is 1. The first kappa shape index (κ1) is 22.6. The van der Waals surface area contributed by atoms with Crippen LogP contribution in [-0.4, -0.2) is 32.3 Å². The highest BCUT2D eigenvalue weighted by Gasteiger charge is 2.37. The smallest absolute Gasteiger partial charge is 0.338 e. The van der Waals surface area contributed by atoms with Crippen LogP contribution in [0.5, 0.6) is 5.75 Å². The van der Waals surface area contributed by atoms with Gasteiger partial charge in [0.15, 0.2) is 0 Å². The van der Waals surface area contributed by atoms with Crippen LogP contribution >= 0.6 is 15.9 Å². The van der Waals surface area contributed by atoms with E-state index in [-0.39, 0.29) is 12.1 Å². The number of anilines is 1. The van der Waals surface area contributed by atoms with Crippen LogP contribution in [0.3, 0.4) is 0 Å². The number of nitrogens with one attached hydrogen (secondary N) is 1. The van der Waals surface area contributed by atoms with Gasteiger partial charge in [-0.3, -0.25) is 0 Å². The van der Waals surface area contributed by atoms with Crippen LogP contribution in [0.15, 0.2) is 64.3 Å². The first-order valence-electron chi connectivity index (χ1n) is 11.5. The Balaban J connectivity index is 1.52. The summed E-state index contributed by atoms with van der Waals surface area (Å²) in [7, 11) is 0. The standard InChI is InChI=1S/C25H26BrN5O3/c1-16-22(24(32)34-19-10-6-3-7-11-19)23(31-25(27-16)28-29-30-31)20-14-18(26)12-13-21(20)33-15-17-8-4-2-5-9-17/h2,4-5,8-9,12-14,19,23H,3,6-7,10-11,15H2,1H3,(H,27,28,30). The number of nitrogens with zero attached hydrogens (tertiary/aromatic N) is 4. The number of ether oxygens (including phenoxy) is 2. The Bertz CT molecular complexity index is 1200. The number of rotatable bonds is 6. The lowest BCUT2D eigenvalue weighted by atomic mass is 9.94. The molecule has 2 heterocycles. The minimum Gasteiger partial charge on any atom is -0.489 e. The summed E-state index contributed by atoms with van der Waals surface area (Å²) in [5, 5.41) is 15.3. The van der Waals surface area contributed by atoms with Gasteiger partial charge in [-0.1, -0.05) is 57.8 Å². The van der Waals surface area contributed by atoms with E-state index in [2.05, 4.69) is 36.8 Å². The molecule has 0 saturated heterocycles. The van der Waals surface area contributed by atoms with Gasteiger partial charge in [-0.2, -0.15) is 4.68 Å². The molecule has 1 aliphatic heterocycles. The third kappa shape index (κ3) is 4.70. The Hall–Kier alpha value is -3.20. The highest BCUT2D eigenvalue weighted by Crippen LogP contribution is 2.41. The van der Waals surface area contributed by atoms with Crippen LogP contribution < -0.4 is 10.1 Å². The van der Waals surface area contributed by atoms with Crippen molar-refractivity contribution in [2.75, 3.05) is 5.32 Å². The van der Waals surface area contributed by atoms with E-state index in [4.69, 9.17) is 9.47 Å². The quantitative estimate of drug-likeness (QED) is 0.445. The van der Waals surface area contributed by atoms with Crippen molar-refractivity contribution < 1.29 is 14.3 Å². The average molecular weight is 524 g/mol. The molecule has 1 N–H and O–H groups in total. The Labute approximate surface area is 206 Å². The minimum atomic E-state index is -0.592. The maximum atomic E-state index is 13.5. The number of hydrogen-bond donors (Lipinski definition) is 1. The van der Waals surface area contributed by atoms with Crippen LogP contribution in [0.2, 0.25) is 0 Å². The number of carbonyl (C=O) groups is 1. The summed E-state index contributed by atoms with van der Waals surface area (Å²) >= 11 is 3.58. The van der Waals surface area contributed by atoms with Gasteiger partial charge in [-0.15, -0.1) is 0 Å². The number of aromatic nitrogens is 4. The summed E-state index contributed by atoms with van der Waals surface area (Å²) in [5.74, 6) is 0.763. The zero-order chi connectivity index (χ0) is 23.5. The molecule has 0 bridgehead atoms. The lowest BCUT2D eigenvalue weighted by Gasteiger charge is -2.30. The number of esters is 1. The van der Waals surface area contributed by atoms with Gasteiger partial charge in [0.05, 0.1) is 5.57 Å². The van der Waals surface area contributed by atoms with Gasteiger partial charge in [0.1, 0.15) is 24.5 Å². The van der Waals surface area contributed by atoms with Crippen molar-refractivity contribution in [3.05, 3.63) is 75.4 Å². The van der Waals surface area contributed by atoms with Crippen LogP contribution in [0.4, 0.5) is 5.95 Å². The van der Waals surface area contributed by atoms with E-state index in [1.54, 1.807) is 4.68 Å². The number of carbonyl (C=O) groups excluding carboxylic acids is 1. The van der Waals surface area contributed by atoms with Gasteiger partial charge >= 0.3 is 5.97 Å². The largest absolute Gasteiger partial charge is 0.489 e. The van der Waals surface area contributed by atoms with Crippen molar-refractivity contribution in [1.29, 1.82) is 0 Å². The predicted octanol–water partition coefficient (Wildman–Crippen LogP) is 5.18. The highest BCUT2D eigenvalue weighted by molar-refractivity contribution is 9.10. The average Bonchev–Trinajstić information content (AvgIpc) is 3.31. The van der Waals surface area contributed by atoms with Crippen LogP contribution in [0.25, 0.3) is 0 Å². The Morgan fingerprint density at radius 3 is 2.74 bits per heavy atom. The molecule has 1 atom stereocenters. The van der Waals surface area contributed by atoms with E-state index < -0.39 is 6.04 Å². The zero-order valence-electron chi connectivity index (χ0n) is 18.9. The summed E-state index contributed by atoms with van der Waals surface area (Å²) in [4.78, 5) is 13.5. The van der Waals surface area contributed by atoms with Crippen molar-refractivity contribution in [2.45, 2.75) is 57.8 Å². The fourth-order valence-electron chi connectivity index (χ4n) is 4.56. The first-order chi connectivity index (χ1) is 16.6. The molecule has 1 unspecified atom stereocenters. The molecular weight excluding hydrogens is 498 g/mol. The molecule has 5 rings (SSSR count). The second-order valence-electron chi connectivity index (χ2n) is 8.64. The number of benzene rings is 2. The van der Waals surface area contributed by atoms with E-state index in [0.29, 0.717) is 29.6 Å². The lowest BCUT2D eigenvalue weighted by molar-refractivity contribution is -0.146. The van der Waals surface area contributed by atoms with Crippen LogP contribution in [0.1, 0.15) is 56.2 Å². The van der Waals surface area contributed by atoms with Crippen molar-refractivity contribution in [3.8, 4) is 5.75 Å². The fraction of sp³-hybridized carbons (Fsp3) is 0.360. The van der Waals surface area contributed by atoms with Gasteiger partial charge in [-0.25, -0.2) is 4.79 Å². The number of hydrogen-bond acceptors (Lipinski definition) is 7. The highest BCUT2D eigenvalue weighted by atomic mass is 79.9. The molecule has 9 heteroatoms. The van der Waals surface area contributed by atoms with Gasteiger partial charge in [0.25, 0.3) is 0 Å². The van der Waals surface area contributed by atoms with E-state index >= 15 is 0 Å². The van der Waals surface area contributed by atoms with Gasteiger partial charge < -0.3 is 14.8 Å². The SMILES string of the molecule is CC1=C(C(=O)OC2CCCCC2)C(c2cc(Br)ccc2OCc2ccccc2)n2nnnc2N1. The van der Waals surface area contributed by atoms with Crippen LogP contribution in [-0.2, 0) is 16.1 Å². The fourth-order valence-corrected chi connectivity index (χ4v) is 4.94. The Morgan fingerprint density at radius 2 is 1.94 bits per heavy atom. The molecule has 2 aliphatic rings. The molecule has 1 aromatic heterocycles. The molecule has 0 radical (unpaired) electrons. The zero-order valence-corrected chi connectivity index (χ0v) is 20.5. The topological polar surface area (TPSA) is 91.2 Å². The summed E-state index contributed by atoms with van der Waals surface area (Å²) in [6.07, 6.45) is 5.08. The maximum Gasteiger partial charge on any atom is 0.338 e. The van der Waals surface area contributed by atoms with E-state index in [1.165, 1.54) is 6.42 Å². The van der Waals surface area contributed by atoms with Crippen molar-refractivity contribution in [3.63, 3.8) is 0 Å². The molecule has 3 aromatic rings. The normalized spacial score (nSPS) is 18.2. The summed E-state index contributed by atoms with van der Waals surface area (Å²) < 4.78 is 14.7. The van der Waals surface area contributed by atoms with Gasteiger partial charge in [0.2, 0.25) is 5.95 Å².